The minimum absolute atomic E-state index is 0.00965. The van der Waals surface area contributed by atoms with Gasteiger partial charge < -0.3 is 19.9 Å². The van der Waals surface area contributed by atoms with Crippen molar-refractivity contribution in [2.24, 2.45) is 0 Å². The van der Waals surface area contributed by atoms with Crippen molar-refractivity contribution in [2.45, 2.75) is 13.0 Å². The second-order valence-corrected chi connectivity index (χ2v) is 4.34. The number of hydrogen-bond acceptors (Lipinski definition) is 6. The van der Waals surface area contributed by atoms with Crippen molar-refractivity contribution < 1.29 is 19.5 Å². The molecule has 0 saturated heterocycles. The fourth-order valence-corrected chi connectivity index (χ4v) is 1.67. The number of para-hydroxylation sites is 1. The Labute approximate surface area is 117 Å². The number of aryl methyl sites for hydroxylation is 1. The quantitative estimate of drug-likeness (QED) is 0.397. The standard InChI is InChI=1S/C13H20N2O5/c1-10-4-3-5-12(13(10)15(17)18)20-9-11(16)8-14-6-7-19-2/h3-5,11,14,16H,6-9H2,1-2H3. The maximum Gasteiger partial charge on any atom is 0.313 e. The second-order valence-electron chi connectivity index (χ2n) is 4.34. The summed E-state index contributed by atoms with van der Waals surface area (Å²) in [4.78, 5) is 10.5. The summed E-state index contributed by atoms with van der Waals surface area (Å²) in [6, 6.07) is 4.85. The zero-order chi connectivity index (χ0) is 15.0. The summed E-state index contributed by atoms with van der Waals surface area (Å²) in [5.74, 6) is 0.172. The Bertz CT molecular complexity index is 439. The molecule has 1 aromatic rings. The van der Waals surface area contributed by atoms with E-state index in [4.69, 9.17) is 9.47 Å². The largest absolute Gasteiger partial charge is 0.484 e. The molecule has 1 atom stereocenters. The number of aliphatic hydroxyl groups excluding tert-OH is 1. The van der Waals surface area contributed by atoms with Gasteiger partial charge in [-0.05, 0) is 13.0 Å². The van der Waals surface area contributed by atoms with Gasteiger partial charge in [-0.2, -0.15) is 0 Å². The SMILES string of the molecule is COCCNCC(O)COc1cccc(C)c1[N+](=O)[O-]. The molecule has 0 heterocycles. The lowest BCUT2D eigenvalue weighted by Crippen LogP contribution is -2.33. The highest BCUT2D eigenvalue weighted by molar-refractivity contribution is 5.52. The first-order chi connectivity index (χ1) is 9.56. The molecule has 1 aromatic carbocycles. The van der Waals surface area contributed by atoms with Crippen LogP contribution < -0.4 is 10.1 Å². The number of hydrogen-bond donors (Lipinski definition) is 2. The van der Waals surface area contributed by atoms with Gasteiger partial charge in [-0.3, -0.25) is 10.1 Å². The topological polar surface area (TPSA) is 93.9 Å². The molecule has 112 valence electrons. The lowest BCUT2D eigenvalue weighted by molar-refractivity contribution is -0.386. The van der Waals surface area contributed by atoms with Crippen molar-refractivity contribution in [1.29, 1.82) is 0 Å². The molecule has 0 aliphatic carbocycles. The molecule has 7 heteroatoms. The zero-order valence-corrected chi connectivity index (χ0v) is 11.7. The molecule has 20 heavy (non-hydrogen) atoms. The van der Waals surface area contributed by atoms with Crippen LogP contribution in [0.1, 0.15) is 5.56 Å². The van der Waals surface area contributed by atoms with Crippen LogP contribution >= 0.6 is 0 Å². The van der Waals surface area contributed by atoms with E-state index < -0.39 is 11.0 Å². The molecule has 0 aliphatic heterocycles. The Hall–Kier alpha value is -1.70. The van der Waals surface area contributed by atoms with Crippen LogP contribution in [0.4, 0.5) is 5.69 Å². The van der Waals surface area contributed by atoms with E-state index in [1.54, 1.807) is 26.2 Å². The molecule has 0 saturated carbocycles. The van der Waals surface area contributed by atoms with E-state index in [0.29, 0.717) is 25.3 Å². The highest BCUT2D eigenvalue weighted by atomic mass is 16.6. The van der Waals surface area contributed by atoms with E-state index in [1.807, 2.05) is 0 Å². The number of rotatable bonds is 9. The van der Waals surface area contributed by atoms with Gasteiger partial charge >= 0.3 is 5.69 Å². The minimum atomic E-state index is -0.744. The normalized spacial score (nSPS) is 12.2. The van der Waals surface area contributed by atoms with Crippen LogP contribution in [0.25, 0.3) is 0 Å². The molecule has 0 aliphatic rings. The van der Waals surface area contributed by atoms with Crippen LogP contribution in [0.5, 0.6) is 5.75 Å². The number of nitrogens with zero attached hydrogens (tertiary/aromatic N) is 1. The highest BCUT2D eigenvalue weighted by Crippen LogP contribution is 2.30. The average Bonchev–Trinajstić information content (AvgIpc) is 2.41. The summed E-state index contributed by atoms with van der Waals surface area (Å²) in [5, 5.41) is 23.7. The summed E-state index contributed by atoms with van der Waals surface area (Å²) < 4.78 is 10.2. The molecule has 0 fully saturated rings. The highest BCUT2D eigenvalue weighted by Gasteiger charge is 2.18. The Kier molecular flexibility index (Phi) is 6.92. The minimum Gasteiger partial charge on any atom is -0.484 e. The van der Waals surface area contributed by atoms with E-state index >= 15 is 0 Å². The fraction of sp³-hybridized carbons (Fsp3) is 0.538. The molecule has 0 amide bonds. The summed E-state index contributed by atoms with van der Waals surface area (Å²) in [7, 11) is 1.60. The van der Waals surface area contributed by atoms with Crippen molar-refractivity contribution in [3.05, 3.63) is 33.9 Å². The average molecular weight is 284 g/mol. The predicted molar refractivity (Wildman–Crippen MR) is 74.1 cm³/mol. The van der Waals surface area contributed by atoms with Gasteiger partial charge in [-0.25, -0.2) is 0 Å². The summed E-state index contributed by atoms with van der Waals surface area (Å²) in [5.41, 5.74) is 0.465. The van der Waals surface area contributed by atoms with Gasteiger partial charge in [-0.15, -0.1) is 0 Å². The first-order valence-corrected chi connectivity index (χ1v) is 6.30. The first-order valence-electron chi connectivity index (χ1n) is 6.30. The van der Waals surface area contributed by atoms with Crippen LogP contribution in [-0.4, -0.2) is 49.5 Å². The van der Waals surface area contributed by atoms with Gasteiger partial charge in [0.05, 0.1) is 11.5 Å². The maximum atomic E-state index is 11.0. The summed E-state index contributed by atoms with van der Waals surface area (Å²) in [6.07, 6.45) is -0.744. The van der Waals surface area contributed by atoms with Gasteiger partial charge in [0.15, 0.2) is 5.75 Å². The summed E-state index contributed by atoms with van der Waals surface area (Å²) in [6.45, 7) is 3.15. The van der Waals surface area contributed by atoms with E-state index in [1.165, 1.54) is 6.07 Å². The third-order valence-corrected chi connectivity index (χ3v) is 2.68. The van der Waals surface area contributed by atoms with Crippen molar-refractivity contribution in [1.82, 2.24) is 5.32 Å². The third kappa shape index (κ3) is 5.12. The fourth-order valence-electron chi connectivity index (χ4n) is 1.67. The van der Waals surface area contributed by atoms with Crippen LogP contribution in [-0.2, 0) is 4.74 Å². The Morgan fingerprint density at radius 2 is 2.25 bits per heavy atom. The van der Waals surface area contributed by atoms with Gasteiger partial charge in [0, 0.05) is 25.8 Å². The number of methoxy groups -OCH3 is 1. The first kappa shape index (κ1) is 16.4. The lowest BCUT2D eigenvalue weighted by Gasteiger charge is -2.13. The van der Waals surface area contributed by atoms with Crippen LogP contribution in [0.3, 0.4) is 0 Å². The number of nitrogens with one attached hydrogen (secondary N) is 1. The molecule has 0 radical (unpaired) electrons. The number of nitro groups is 1. The Balaban J connectivity index is 2.49. The molecule has 0 bridgehead atoms. The van der Waals surface area contributed by atoms with Crippen LogP contribution in [0.15, 0.2) is 18.2 Å². The van der Waals surface area contributed by atoms with E-state index in [0.717, 1.165) is 0 Å². The molecule has 2 N–H and O–H groups in total. The zero-order valence-electron chi connectivity index (χ0n) is 11.7. The number of ether oxygens (including phenoxy) is 2. The summed E-state index contributed by atoms with van der Waals surface area (Å²) >= 11 is 0. The van der Waals surface area contributed by atoms with Gasteiger partial charge in [0.2, 0.25) is 0 Å². The number of nitro benzene ring substituents is 1. The molecule has 0 spiro atoms. The predicted octanol–water partition coefficient (Wildman–Crippen LogP) is 0.879. The number of benzene rings is 1. The van der Waals surface area contributed by atoms with E-state index in [9.17, 15) is 15.2 Å². The van der Waals surface area contributed by atoms with Crippen LogP contribution in [0, 0.1) is 17.0 Å². The van der Waals surface area contributed by atoms with Crippen molar-refractivity contribution in [3.8, 4) is 5.75 Å². The molecular formula is C13H20N2O5. The maximum absolute atomic E-state index is 11.0. The monoisotopic (exact) mass is 284 g/mol. The molecule has 7 nitrogen and oxygen atoms in total. The van der Waals surface area contributed by atoms with Gasteiger partial charge in [0.25, 0.3) is 0 Å². The third-order valence-electron chi connectivity index (χ3n) is 2.68. The van der Waals surface area contributed by atoms with Gasteiger partial charge in [0.1, 0.15) is 12.7 Å². The van der Waals surface area contributed by atoms with E-state index in [2.05, 4.69) is 5.32 Å². The Morgan fingerprint density at radius 1 is 1.50 bits per heavy atom. The second kappa shape index (κ2) is 8.47. The van der Waals surface area contributed by atoms with Crippen molar-refractivity contribution in [3.63, 3.8) is 0 Å². The van der Waals surface area contributed by atoms with E-state index in [-0.39, 0.29) is 18.0 Å². The lowest BCUT2D eigenvalue weighted by atomic mass is 10.2. The molecule has 1 rings (SSSR count). The molecule has 0 aromatic heterocycles. The van der Waals surface area contributed by atoms with Crippen molar-refractivity contribution >= 4 is 5.69 Å². The van der Waals surface area contributed by atoms with Gasteiger partial charge in [-0.1, -0.05) is 12.1 Å². The number of aliphatic hydroxyl groups is 1. The van der Waals surface area contributed by atoms with Crippen molar-refractivity contribution in [2.75, 3.05) is 33.4 Å². The molecule has 1 unspecified atom stereocenters. The smallest absolute Gasteiger partial charge is 0.313 e. The Morgan fingerprint density at radius 3 is 2.90 bits per heavy atom. The molecular weight excluding hydrogens is 264 g/mol. The van der Waals surface area contributed by atoms with Crippen LogP contribution in [0.2, 0.25) is 0 Å².